The second-order valence-corrected chi connectivity index (χ2v) is 8.00. The van der Waals surface area contributed by atoms with Crippen molar-refractivity contribution in [3.05, 3.63) is 5.32 Å². The molecular weight excluding hydrogens is 194 g/mol. The number of rotatable bonds is 0. The van der Waals surface area contributed by atoms with E-state index in [2.05, 4.69) is 5.32 Å². The van der Waals surface area contributed by atoms with Crippen LogP contribution in [0, 0.1) is 5.32 Å². The Morgan fingerprint density at radius 3 is 2.80 bits per heavy atom. The predicted octanol–water partition coefficient (Wildman–Crippen LogP) is 0.294. The van der Waals surface area contributed by atoms with Crippen molar-refractivity contribution in [2.24, 2.45) is 0 Å². The monoisotopic (exact) mass is 201 g/mol. The van der Waals surface area contributed by atoms with Gasteiger partial charge in [-0.25, -0.2) is 0 Å². The van der Waals surface area contributed by atoms with E-state index in [1.807, 2.05) is 0 Å². The molecule has 29 valence electrons. The zero-order chi connectivity index (χ0) is 3.54. The van der Waals surface area contributed by atoms with Crippen LogP contribution in [0.15, 0.2) is 0 Å². The van der Waals surface area contributed by atoms with Gasteiger partial charge in [-0.1, -0.05) is 0 Å². The van der Waals surface area contributed by atoms with Gasteiger partial charge in [-0.05, 0) is 0 Å². The summed E-state index contributed by atoms with van der Waals surface area (Å²) in [6.45, 7) is 0. The Kier molecular flexibility index (Phi) is 1.90. The Labute approximate surface area is 43.6 Å². The number of hydrogen-bond donors (Lipinski definition) is 0. The van der Waals surface area contributed by atoms with Crippen LogP contribution in [0.2, 0.25) is 5.32 Å². The van der Waals surface area contributed by atoms with Crippen LogP contribution in [0.3, 0.4) is 0 Å². The average molecular weight is 199 g/mol. The molecule has 0 saturated carbocycles. The molecule has 0 N–H and O–H groups in total. The molecule has 1 saturated heterocycles. The van der Waals surface area contributed by atoms with Gasteiger partial charge in [0.25, 0.3) is 0 Å². The van der Waals surface area contributed by atoms with E-state index in [0.29, 0.717) is 0 Å². The van der Waals surface area contributed by atoms with Gasteiger partial charge in [0, 0.05) is 0 Å². The third-order valence-electron chi connectivity index (χ3n) is 0.455. The SMILES string of the molecule is [CH]1CC[Se][Se]1. The molecule has 1 fully saturated rings. The Morgan fingerprint density at radius 2 is 2.60 bits per heavy atom. The van der Waals surface area contributed by atoms with Crippen LogP contribution in [-0.4, -0.2) is 26.3 Å². The fourth-order valence-corrected chi connectivity index (χ4v) is 6.50. The van der Waals surface area contributed by atoms with Crippen molar-refractivity contribution in [2.45, 2.75) is 11.7 Å². The molecule has 2 heteroatoms. The third kappa shape index (κ3) is 1.28. The standard InChI is InChI=1S/C3H5Se2/c1-2-4-5-3-1/h2H,1,3H2. The summed E-state index contributed by atoms with van der Waals surface area (Å²) in [4.78, 5) is 0. The molecule has 0 bridgehead atoms. The normalized spacial score (nSPS) is 24.0. The summed E-state index contributed by atoms with van der Waals surface area (Å²) in [6.07, 6.45) is 1.43. The summed E-state index contributed by atoms with van der Waals surface area (Å²) < 4.78 is 0. The van der Waals surface area contributed by atoms with E-state index < -0.39 is 0 Å². The van der Waals surface area contributed by atoms with Gasteiger partial charge >= 0.3 is 43.3 Å². The summed E-state index contributed by atoms with van der Waals surface area (Å²) >= 11 is 2.08. The van der Waals surface area contributed by atoms with Crippen molar-refractivity contribution in [2.75, 3.05) is 0 Å². The fraction of sp³-hybridized carbons (Fsp3) is 0.667. The van der Waals surface area contributed by atoms with Crippen LogP contribution < -0.4 is 0 Å². The van der Waals surface area contributed by atoms with Gasteiger partial charge in [0.1, 0.15) is 0 Å². The maximum absolute atomic E-state index is 2.45. The first-order valence-corrected chi connectivity index (χ1v) is 8.13. The quantitative estimate of drug-likeness (QED) is 0.492. The van der Waals surface area contributed by atoms with Crippen LogP contribution >= 0.6 is 0 Å². The van der Waals surface area contributed by atoms with Crippen molar-refractivity contribution in [3.8, 4) is 0 Å². The topological polar surface area (TPSA) is 0 Å². The van der Waals surface area contributed by atoms with Gasteiger partial charge in [0.15, 0.2) is 0 Å². The summed E-state index contributed by atoms with van der Waals surface area (Å²) in [7, 11) is 0. The summed E-state index contributed by atoms with van der Waals surface area (Å²) in [5.74, 6) is 0. The fourth-order valence-electron chi connectivity index (χ4n) is 0.241. The first-order chi connectivity index (χ1) is 2.50. The van der Waals surface area contributed by atoms with Crippen molar-refractivity contribution in [1.29, 1.82) is 0 Å². The molecule has 1 aliphatic heterocycles. The second-order valence-electron chi connectivity index (χ2n) is 0.874. The van der Waals surface area contributed by atoms with E-state index in [-0.39, 0.29) is 0 Å². The molecule has 0 aliphatic carbocycles. The minimum absolute atomic E-state index is 1.01. The Morgan fingerprint density at radius 1 is 1.60 bits per heavy atom. The van der Waals surface area contributed by atoms with E-state index in [0.717, 1.165) is 26.3 Å². The van der Waals surface area contributed by atoms with Gasteiger partial charge < -0.3 is 0 Å². The van der Waals surface area contributed by atoms with Crippen LogP contribution in [0.25, 0.3) is 0 Å². The Bertz CT molecular complexity index is 16.5. The van der Waals surface area contributed by atoms with E-state index in [1.54, 1.807) is 0 Å². The van der Waals surface area contributed by atoms with Gasteiger partial charge in [0.05, 0.1) is 0 Å². The van der Waals surface area contributed by atoms with E-state index in [4.69, 9.17) is 0 Å². The first-order valence-electron chi connectivity index (χ1n) is 1.60. The van der Waals surface area contributed by atoms with Gasteiger partial charge in [-0.15, -0.1) is 0 Å². The summed E-state index contributed by atoms with van der Waals surface area (Å²) in [5.41, 5.74) is 0. The maximum atomic E-state index is 2.45. The summed E-state index contributed by atoms with van der Waals surface area (Å²) in [5, 5.41) is 3.99. The number of hydrogen-bond acceptors (Lipinski definition) is 0. The van der Waals surface area contributed by atoms with Crippen LogP contribution in [0.1, 0.15) is 6.42 Å². The minimum atomic E-state index is 1.01. The molecule has 0 amide bonds. The average Bonchev–Trinajstić information content (AvgIpc) is 1.76. The van der Waals surface area contributed by atoms with Crippen molar-refractivity contribution in [1.82, 2.24) is 0 Å². The molecule has 1 radical (unpaired) electrons. The molecule has 0 aromatic heterocycles. The zero-order valence-corrected chi connectivity index (χ0v) is 6.23. The second kappa shape index (κ2) is 2.25. The molecule has 5 heavy (non-hydrogen) atoms. The van der Waals surface area contributed by atoms with E-state index in [1.165, 1.54) is 11.7 Å². The molecule has 1 heterocycles. The van der Waals surface area contributed by atoms with Gasteiger partial charge in [-0.2, -0.15) is 0 Å². The molecule has 0 unspecified atom stereocenters. The molecule has 0 aromatic rings. The van der Waals surface area contributed by atoms with E-state index >= 15 is 0 Å². The van der Waals surface area contributed by atoms with Gasteiger partial charge in [0.2, 0.25) is 0 Å². The molecule has 0 spiro atoms. The van der Waals surface area contributed by atoms with Crippen LogP contribution in [-0.2, 0) is 0 Å². The van der Waals surface area contributed by atoms with Crippen molar-refractivity contribution >= 4 is 26.3 Å². The van der Waals surface area contributed by atoms with Crippen molar-refractivity contribution < 1.29 is 0 Å². The van der Waals surface area contributed by atoms with Gasteiger partial charge in [-0.3, -0.25) is 0 Å². The molecule has 1 rings (SSSR count). The Hall–Kier alpha value is 1.04. The zero-order valence-electron chi connectivity index (χ0n) is 2.81. The molecule has 0 atom stereocenters. The third-order valence-corrected chi connectivity index (χ3v) is 7.15. The predicted molar refractivity (Wildman–Crippen MR) is 25.2 cm³/mol. The molecular formula is C3H5Se2. The first kappa shape index (κ1) is 4.20. The van der Waals surface area contributed by atoms with E-state index in [9.17, 15) is 0 Å². The van der Waals surface area contributed by atoms with Crippen LogP contribution in [0.5, 0.6) is 0 Å². The molecule has 1 aliphatic rings. The summed E-state index contributed by atoms with van der Waals surface area (Å²) in [6, 6.07) is 0. The van der Waals surface area contributed by atoms with Crippen molar-refractivity contribution in [3.63, 3.8) is 0 Å². The van der Waals surface area contributed by atoms with Crippen LogP contribution in [0.4, 0.5) is 0 Å². The molecule has 0 nitrogen and oxygen atoms in total. The molecule has 0 aromatic carbocycles. The Balaban J connectivity index is 2.08.